The van der Waals surface area contributed by atoms with Crippen molar-refractivity contribution in [3.05, 3.63) is 96.6 Å². The molecule has 7 nitrogen and oxygen atoms in total. The van der Waals surface area contributed by atoms with Gasteiger partial charge in [-0.3, -0.25) is 0 Å². The van der Waals surface area contributed by atoms with Crippen molar-refractivity contribution in [2.24, 2.45) is 16.7 Å². The van der Waals surface area contributed by atoms with Gasteiger partial charge in [0.25, 0.3) is 0 Å². The molecule has 9 heteroatoms. The van der Waals surface area contributed by atoms with Crippen molar-refractivity contribution in [1.82, 2.24) is 0 Å². The summed E-state index contributed by atoms with van der Waals surface area (Å²) in [6.07, 6.45) is 6.47. The Morgan fingerprint density at radius 3 is 2.29 bits per heavy atom. The molecular weight excluding hydrogens is 660 g/mol. The Kier molecular flexibility index (Phi) is 13.7. The minimum Gasteiger partial charge on any atom is -0.844 e. The van der Waals surface area contributed by atoms with Gasteiger partial charge >= 0.3 is 51.4 Å². The SMILES string of the molecule is C=C[C@@]1([O-])[C@H](OCOC)[C@H]2CC[C@]1(/C=C/[C@]1(OCc3ccccc3)CO[C@@H](c3ccccc3)O[C@H]1CCO[Si](C)(C)C(C)(C)C)C2(C)C.[K+]. The molecule has 49 heavy (non-hydrogen) atoms. The molecule has 3 aliphatic rings. The van der Waals surface area contributed by atoms with Gasteiger partial charge in [-0.1, -0.05) is 119 Å². The van der Waals surface area contributed by atoms with Crippen LogP contribution >= 0.6 is 0 Å². The van der Waals surface area contributed by atoms with Gasteiger partial charge in [-0.15, -0.1) is 6.58 Å². The van der Waals surface area contributed by atoms with E-state index in [-0.39, 0.29) is 81.2 Å². The van der Waals surface area contributed by atoms with Crippen LogP contribution in [0.4, 0.5) is 0 Å². The van der Waals surface area contributed by atoms with Crippen molar-refractivity contribution < 1.29 is 84.6 Å². The molecule has 0 aromatic heterocycles. The van der Waals surface area contributed by atoms with Gasteiger partial charge in [0, 0.05) is 19.3 Å². The molecule has 5 rings (SSSR count). The van der Waals surface area contributed by atoms with Crippen LogP contribution in [-0.4, -0.2) is 58.8 Å². The zero-order valence-corrected chi connectivity index (χ0v) is 35.5. The summed E-state index contributed by atoms with van der Waals surface area (Å²) in [6, 6.07) is 20.2. The summed E-state index contributed by atoms with van der Waals surface area (Å²) in [5.74, 6) is 0.0593. The number of benzene rings is 2. The fourth-order valence-corrected chi connectivity index (χ4v) is 9.10. The topological polar surface area (TPSA) is 78.4 Å². The molecule has 2 bridgehead atoms. The third-order valence-corrected chi connectivity index (χ3v) is 16.6. The summed E-state index contributed by atoms with van der Waals surface area (Å²) in [5, 5.41) is 15.1. The smallest absolute Gasteiger partial charge is 0.844 e. The van der Waals surface area contributed by atoms with E-state index in [9.17, 15) is 0 Å². The summed E-state index contributed by atoms with van der Waals surface area (Å²) < 4.78 is 38.5. The Balaban J connectivity index is 0.00000541. The molecule has 0 amide bonds. The first kappa shape index (κ1) is 41.3. The van der Waals surface area contributed by atoms with E-state index in [1.54, 1.807) is 13.2 Å². The molecule has 2 aromatic carbocycles. The van der Waals surface area contributed by atoms with E-state index in [4.69, 9.17) is 28.1 Å². The van der Waals surface area contributed by atoms with Gasteiger partial charge in [-0.2, -0.15) is 0 Å². The van der Waals surface area contributed by atoms with Crippen molar-refractivity contribution in [2.45, 2.75) is 108 Å². The predicted octanol–water partition coefficient (Wildman–Crippen LogP) is 4.74. The van der Waals surface area contributed by atoms with Gasteiger partial charge < -0.3 is 33.2 Å². The summed E-state index contributed by atoms with van der Waals surface area (Å²) in [7, 11) is -0.438. The summed E-state index contributed by atoms with van der Waals surface area (Å²) in [6.45, 7) is 21.0. The van der Waals surface area contributed by atoms with Crippen LogP contribution in [0.1, 0.15) is 71.3 Å². The standard InChI is InChI=1S/C40H57O7Si.K/c1-10-40(41)34(44-29-42-7)32-21-23-39(40,37(32,5)6)25-24-38(45-27-30-17-13-11-14-18-30)28-43-35(31-19-15-12-16-20-31)47-33(38)22-26-46-48(8,9)36(2,3)4;/h10-20,24-25,32-35H,1,21-23,26-29H2,2-9H3;/q-1;+1/b25-24+;/t32-,33+,34-,35-,38+,39+,40-;/m1./s1. The Hall–Kier alpha value is -0.507. The van der Waals surface area contributed by atoms with E-state index in [0.29, 0.717) is 19.6 Å². The first-order valence-corrected chi connectivity index (χ1v) is 20.4. The van der Waals surface area contributed by atoms with Gasteiger partial charge in [-0.05, 0) is 59.7 Å². The van der Waals surface area contributed by atoms with E-state index in [0.717, 1.165) is 24.0 Å². The largest absolute Gasteiger partial charge is 1.00 e. The maximum absolute atomic E-state index is 15.0. The molecule has 2 saturated carbocycles. The molecule has 2 aromatic rings. The molecule has 0 N–H and O–H groups in total. The van der Waals surface area contributed by atoms with Crippen molar-refractivity contribution in [3.63, 3.8) is 0 Å². The molecule has 2 aliphatic carbocycles. The molecule has 1 saturated heterocycles. The first-order chi connectivity index (χ1) is 22.7. The molecule has 1 heterocycles. The van der Waals surface area contributed by atoms with E-state index in [1.165, 1.54) is 0 Å². The zero-order valence-electron chi connectivity index (χ0n) is 31.3. The molecule has 3 fully saturated rings. The molecule has 0 unspecified atom stereocenters. The third kappa shape index (κ3) is 7.91. The van der Waals surface area contributed by atoms with Crippen LogP contribution in [0, 0.1) is 16.7 Å². The minimum absolute atomic E-state index is 0. The maximum Gasteiger partial charge on any atom is 1.00 e. The van der Waals surface area contributed by atoms with Crippen LogP contribution in [0.25, 0.3) is 0 Å². The van der Waals surface area contributed by atoms with Crippen LogP contribution in [-0.2, 0) is 34.7 Å². The predicted molar refractivity (Wildman–Crippen MR) is 189 cm³/mol. The minimum atomic E-state index is -2.02. The van der Waals surface area contributed by atoms with Gasteiger partial charge in [-0.25, -0.2) is 0 Å². The van der Waals surface area contributed by atoms with E-state index < -0.39 is 43.4 Å². The molecule has 1 aliphatic heterocycles. The molecule has 0 spiro atoms. The van der Waals surface area contributed by atoms with Crippen LogP contribution in [0.5, 0.6) is 0 Å². The first-order valence-electron chi connectivity index (χ1n) is 17.5. The van der Waals surface area contributed by atoms with Crippen LogP contribution < -0.4 is 56.5 Å². The van der Waals surface area contributed by atoms with Crippen molar-refractivity contribution in [2.75, 3.05) is 27.1 Å². The number of methoxy groups -OCH3 is 1. The molecular formula is C40H57KO7Si. The van der Waals surface area contributed by atoms with Crippen LogP contribution in [0.3, 0.4) is 0 Å². The monoisotopic (exact) mass is 716 g/mol. The second kappa shape index (κ2) is 16.2. The second-order valence-electron chi connectivity index (χ2n) is 16.0. The Bertz CT molecular complexity index is 1400. The Morgan fingerprint density at radius 1 is 1.02 bits per heavy atom. The van der Waals surface area contributed by atoms with Crippen molar-refractivity contribution in [1.29, 1.82) is 0 Å². The van der Waals surface area contributed by atoms with E-state index in [1.807, 2.05) is 48.5 Å². The zero-order chi connectivity index (χ0) is 34.8. The quantitative estimate of drug-likeness (QED) is 0.159. The van der Waals surface area contributed by atoms with Gasteiger partial charge in [0.05, 0.1) is 25.4 Å². The number of hydrogen-bond acceptors (Lipinski definition) is 7. The van der Waals surface area contributed by atoms with E-state index in [2.05, 4.69) is 78.6 Å². The number of fused-ring (bicyclic) bond motifs is 2. The molecule has 264 valence electrons. The normalized spacial score (nSPS) is 32.7. The van der Waals surface area contributed by atoms with Crippen LogP contribution in [0.15, 0.2) is 85.5 Å². The fraction of sp³-hybridized carbons (Fsp3) is 0.600. The summed E-state index contributed by atoms with van der Waals surface area (Å²) in [4.78, 5) is 0. The third-order valence-electron chi connectivity index (χ3n) is 12.1. The average Bonchev–Trinajstić information content (AvgIpc) is 3.40. The molecule has 0 radical (unpaired) electrons. The number of hydrogen-bond donors (Lipinski definition) is 0. The van der Waals surface area contributed by atoms with Gasteiger partial charge in [0.15, 0.2) is 14.6 Å². The Morgan fingerprint density at radius 2 is 1.67 bits per heavy atom. The van der Waals surface area contributed by atoms with Crippen LogP contribution in [0.2, 0.25) is 18.1 Å². The summed E-state index contributed by atoms with van der Waals surface area (Å²) in [5.41, 5.74) is -1.68. The van der Waals surface area contributed by atoms with Gasteiger partial charge in [0.1, 0.15) is 12.4 Å². The maximum atomic E-state index is 15.0. The number of rotatable bonds is 14. The van der Waals surface area contributed by atoms with Gasteiger partial charge in [0.2, 0.25) is 0 Å². The second-order valence-corrected chi connectivity index (χ2v) is 20.8. The number of ether oxygens (including phenoxy) is 5. The average molecular weight is 717 g/mol. The molecule has 7 atom stereocenters. The van der Waals surface area contributed by atoms with Crippen molar-refractivity contribution >= 4 is 8.32 Å². The Labute approximate surface area is 338 Å². The van der Waals surface area contributed by atoms with Crippen molar-refractivity contribution in [3.8, 4) is 0 Å². The van der Waals surface area contributed by atoms with E-state index >= 15 is 5.11 Å². The fourth-order valence-electron chi connectivity index (χ4n) is 8.04. The summed E-state index contributed by atoms with van der Waals surface area (Å²) >= 11 is 0.